The molecule has 8 nitrogen and oxygen atoms in total. The number of rotatable bonds is 4. The molecule has 28 heavy (non-hydrogen) atoms. The molecule has 2 fully saturated rings. The van der Waals surface area contributed by atoms with Crippen molar-refractivity contribution in [2.45, 2.75) is 50.3 Å². The quantitative estimate of drug-likeness (QED) is 0.720. The zero-order valence-corrected chi connectivity index (χ0v) is 15.4. The molecule has 2 saturated heterocycles. The van der Waals surface area contributed by atoms with Crippen LogP contribution in [0.5, 0.6) is 11.6 Å². The van der Waals surface area contributed by atoms with Crippen LogP contribution >= 0.6 is 0 Å². The molecule has 8 heteroatoms. The molecule has 3 aromatic rings. The van der Waals surface area contributed by atoms with Gasteiger partial charge in [-0.25, -0.2) is 4.68 Å². The molecule has 144 valence electrons. The van der Waals surface area contributed by atoms with E-state index in [-0.39, 0.29) is 11.9 Å². The molecule has 2 unspecified atom stereocenters. The first-order valence-electron chi connectivity index (χ1n) is 9.71. The summed E-state index contributed by atoms with van der Waals surface area (Å²) in [4.78, 5) is 0. The summed E-state index contributed by atoms with van der Waals surface area (Å²) in [6, 6.07) is 10.0. The van der Waals surface area contributed by atoms with E-state index in [4.69, 9.17) is 4.74 Å². The molecular weight excluding hydrogens is 356 g/mol. The molecule has 2 bridgehead atoms. The van der Waals surface area contributed by atoms with Crippen LogP contribution in [-0.2, 0) is 0 Å². The first kappa shape index (κ1) is 17.1. The topological polar surface area (TPSA) is 98.0 Å². The molecule has 4 heterocycles. The maximum absolute atomic E-state index is 10.4. The van der Waals surface area contributed by atoms with E-state index in [1.807, 2.05) is 18.2 Å². The fraction of sp³-hybridized carbons (Fsp3) is 0.400. The van der Waals surface area contributed by atoms with Gasteiger partial charge in [0.25, 0.3) is 0 Å². The lowest BCUT2D eigenvalue weighted by molar-refractivity contribution is 0.0881. The second kappa shape index (κ2) is 7.20. The van der Waals surface area contributed by atoms with Crippen LogP contribution in [0.1, 0.15) is 32.1 Å². The van der Waals surface area contributed by atoms with E-state index < -0.39 is 0 Å². The summed E-state index contributed by atoms with van der Waals surface area (Å²) in [5, 5.41) is 30.2. The standard InChI is InChI=1S/C20H22N6O2/c27-19-12-15(26-9-8-21-25-26)4-5-17(19)18-6-7-20(24-23-18)28-16-10-13-2-1-3-14(11-16)22-13/h4-9,12-14,16,22,27H,1-3,10-11H2. The maximum Gasteiger partial charge on any atom is 0.233 e. The largest absolute Gasteiger partial charge is 0.507 e. The van der Waals surface area contributed by atoms with Gasteiger partial charge in [0.15, 0.2) is 0 Å². The third kappa shape index (κ3) is 3.43. The van der Waals surface area contributed by atoms with Crippen LogP contribution in [0.3, 0.4) is 0 Å². The summed E-state index contributed by atoms with van der Waals surface area (Å²) in [5.41, 5.74) is 1.93. The van der Waals surface area contributed by atoms with E-state index >= 15 is 0 Å². The third-order valence-corrected chi connectivity index (χ3v) is 5.54. The van der Waals surface area contributed by atoms with E-state index in [9.17, 15) is 5.11 Å². The predicted molar refractivity (Wildman–Crippen MR) is 102 cm³/mol. The van der Waals surface area contributed by atoms with Crippen LogP contribution < -0.4 is 10.1 Å². The van der Waals surface area contributed by atoms with Crippen LogP contribution in [0, 0.1) is 0 Å². The Labute approximate surface area is 162 Å². The summed E-state index contributed by atoms with van der Waals surface area (Å²) in [6.45, 7) is 0. The molecule has 2 aliphatic heterocycles. The maximum atomic E-state index is 10.4. The van der Waals surface area contributed by atoms with Crippen molar-refractivity contribution in [3.63, 3.8) is 0 Å². The van der Waals surface area contributed by atoms with Crippen molar-refractivity contribution in [3.8, 4) is 28.6 Å². The Morgan fingerprint density at radius 3 is 2.61 bits per heavy atom. The lowest BCUT2D eigenvalue weighted by atomic mass is 9.85. The van der Waals surface area contributed by atoms with Crippen molar-refractivity contribution in [3.05, 3.63) is 42.7 Å². The average Bonchev–Trinajstić information content (AvgIpc) is 3.23. The van der Waals surface area contributed by atoms with Crippen molar-refractivity contribution in [1.29, 1.82) is 0 Å². The number of hydrogen-bond acceptors (Lipinski definition) is 7. The van der Waals surface area contributed by atoms with Crippen molar-refractivity contribution < 1.29 is 9.84 Å². The molecular formula is C20H22N6O2. The Kier molecular flexibility index (Phi) is 4.40. The number of benzene rings is 1. The molecule has 2 aliphatic rings. The predicted octanol–water partition coefficient (Wildman–Crippen LogP) is 2.48. The smallest absolute Gasteiger partial charge is 0.233 e. The molecule has 0 radical (unpaired) electrons. The Morgan fingerprint density at radius 2 is 1.93 bits per heavy atom. The van der Waals surface area contributed by atoms with Gasteiger partial charge in [-0.3, -0.25) is 0 Å². The minimum Gasteiger partial charge on any atom is -0.507 e. The Hall–Kier alpha value is -3.00. The molecule has 2 N–H and O–H groups in total. The lowest BCUT2D eigenvalue weighted by Gasteiger charge is -2.39. The normalized spacial score (nSPS) is 24.1. The molecule has 2 aromatic heterocycles. The summed E-state index contributed by atoms with van der Waals surface area (Å²) >= 11 is 0. The summed E-state index contributed by atoms with van der Waals surface area (Å²) in [7, 11) is 0. The Balaban J connectivity index is 1.30. The van der Waals surface area contributed by atoms with E-state index in [1.54, 1.807) is 29.2 Å². The number of ether oxygens (including phenoxy) is 1. The number of phenolic OH excluding ortho intramolecular Hbond substituents is 1. The van der Waals surface area contributed by atoms with Crippen molar-refractivity contribution in [2.75, 3.05) is 0 Å². The highest BCUT2D eigenvalue weighted by molar-refractivity contribution is 5.68. The van der Waals surface area contributed by atoms with E-state index in [2.05, 4.69) is 25.8 Å². The fourth-order valence-corrected chi connectivity index (χ4v) is 4.23. The van der Waals surface area contributed by atoms with Crippen LogP contribution in [0.2, 0.25) is 0 Å². The molecule has 0 spiro atoms. The van der Waals surface area contributed by atoms with Crippen LogP contribution in [0.15, 0.2) is 42.7 Å². The number of piperidine rings is 2. The average molecular weight is 378 g/mol. The van der Waals surface area contributed by atoms with Gasteiger partial charge in [-0.2, -0.15) is 0 Å². The van der Waals surface area contributed by atoms with Crippen molar-refractivity contribution >= 4 is 0 Å². The minimum absolute atomic E-state index is 0.113. The highest BCUT2D eigenvalue weighted by Gasteiger charge is 2.32. The van der Waals surface area contributed by atoms with Gasteiger partial charge in [-0.1, -0.05) is 11.6 Å². The van der Waals surface area contributed by atoms with E-state index in [0.29, 0.717) is 29.2 Å². The number of nitrogens with one attached hydrogen (secondary N) is 1. The van der Waals surface area contributed by atoms with Crippen LogP contribution in [0.4, 0.5) is 0 Å². The monoisotopic (exact) mass is 378 g/mol. The van der Waals surface area contributed by atoms with Gasteiger partial charge in [0.2, 0.25) is 5.88 Å². The van der Waals surface area contributed by atoms with Gasteiger partial charge >= 0.3 is 0 Å². The molecule has 0 aliphatic carbocycles. The van der Waals surface area contributed by atoms with Crippen LogP contribution in [0.25, 0.3) is 16.9 Å². The first-order chi connectivity index (χ1) is 13.7. The van der Waals surface area contributed by atoms with E-state index in [0.717, 1.165) is 18.5 Å². The number of aromatic hydroxyl groups is 1. The number of aromatic nitrogens is 5. The highest BCUT2D eigenvalue weighted by Crippen LogP contribution is 2.31. The van der Waals surface area contributed by atoms with Gasteiger partial charge in [0.05, 0.1) is 23.8 Å². The molecule has 0 amide bonds. The van der Waals surface area contributed by atoms with Crippen molar-refractivity contribution in [1.82, 2.24) is 30.5 Å². The summed E-state index contributed by atoms with van der Waals surface area (Å²) < 4.78 is 7.67. The molecule has 1 aromatic carbocycles. The minimum atomic E-state index is 0.113. The van der Waals surface area contributed by atoms with Gasteiger partial charge in [0, 0.05) is 29.8 Å². The second-order valence-corrected chi connectivity index (χ2v) is 7.51. The fourth-order valence-electron chi connectivity index (χ4n) is 4.23. The van der Waals surface area contributed by atoms with Crippen molar-refractivity contribution in [2.24, 2.45) is 0 Å². The summed E-state index contributed by atoms with van der Waals surface area (Å²) in [6.07, 6.45) is 9.29. The van der Waals surface area contributed by atoms with Gasteiger partial charge in [0.1, 0.15) is 11.9 Å². The zero-order valence-electron chi connectivity index (χ0n) is 15.4. The summed E-state index contributed by atoms with van der Waals surface area (Å²) in [5.74, 6) is 0.648. The molecule has 0 saturated carbocycles. The molecule has 2 atom stereocenters. The Morgan fingerprint density at radius 1 is 1.07 bits per heavy atom. The van der Waals surface area contributed by atoms with Gasteiger partial charge in [-0.15, -0.1) is 15.3 Å². The SMILES string of the molecule is Oc1cc(-n2ccnn2)ccc1-c1ccc(OC2CC3CCCC(C2)N3)nn1. The highest BCUT2D eigenvalue weighted by atomic mass is 16.5. The number of phenols is 1. The second-order valence-electron chi connectivity index (χ2n) is 7.51. The Bertz CT molecular complexity index is 932. The number of nitrogens with zero attached hydrogens (tertiary/aromatic N) is 5. The number of hydrogen-bond donors (Lipinski definition) is 2. The first-order valence-corrected chi connectivity index (χ1v) is 9.71. The third-order valence-electron chi connectivity index (χ3n) is 5.54. The van der Waals surface area contributed by atoms with Gasteiger partial charge in [-0.05, 0) is 43.9 Å². The zero-order chi connectivity index (χ0) is 18.9. The van der Waals surface area contributed by atoms with Crippen LogP contribution in [-0.4, -0.2) is 48.5 Å². The van der Waals surface area contributed by atoms with E-state index in [1.165, 1.54) is 19.3 Å². The van der Waals surface area contributed by atoms with Gasteiger partial charge < -0.3 is 15.2 Å². The molecule has 5 rings (SSSR count). The number of fused-ring (bicyclic) bond motifs is 2. The lowest BCUT2D eigenvalue weighted by Crippen LogP contribution is -2.51.